The van der Waals surface area contributed by atoms with Crippen LogP contribution in [0.4, 0.5) is 5.69 Å². The summed E-state index contributed by atoms with van der Waals surface area (Å²) in [4.78, 5) is 40.7. The smallest absolute Gasteiger partial charge is 0.255 e. The Bertz CT molecular complexity index is 1480. The molecule has 4 aromatic carbocycles. The SMILES string of the molecule is C[C@H](NC(=O)c1ccccc1NC(=O)c1ccc([C@@H]2SCC(=O)N2CCc2ccccc2)cc1)c1ccccc1. The Morgan fingerprint density at radius 3 is 2.23 bits per heavy atom. The first-order valence-corrected chi connectivity index (χ1v) is 14.4. The second-order valence-corrected chi connectivity index (χ2v) is 10.8. The lowest BCUT2D eigenvalue weighted by atomic mass is 10.1. The van der Waals surface area contributed by atoms with Gasteiger partial charge in [0.25, 0.3) is 11.8 Å². The lowest BCUT2D eigenvalue weighted by molar-refractivity contribution is -0.128. The van der Waals surface area contributed by atoms with E-state index in [1.165, 1.54) is 5.56 Å². The van der Waals surface area contributed by atoms with E-state index in [2.05, 4.69) is 22.8 Å². The fourth-order valence-corrected chi connectivity index (χ4v) is 5.97. The van der Waals surface area contributed by atoms with Crippen molar-refractivity contribution >= 4 is 35.2 Å². The van der Waals surface area contributed by atoms with Crippen LogP contribution in [-0.2, 0) is 11.2 Å². The topological polar surface area (TPSA) is 78.5 Å². The van der Waals surface area contributed by atoms with Crippen molar-refractivity contribution in [2.75, 3.05) is 17.6 Å². The summed E-state index contributed by atoms with van der Waals surface area (Å²) >= 11 is 1.60. The van der Waals surface area contributed by atoms with Crippen LogP contribution in [0.2, 0.25) is 0 Å². The van der Waals surface area contributed by atoms with Gasteiger partial charge in [0.1, 0.15) is 5.37 Å². The van der Waals surface area contributed by atoms with E-state index in [0.717, 1.165) is 17.5 Å². The highest BCUT2D eigenvalue weighted by Gasteiger charge is 2.32. The fourth-order valence-electron chi connectivity index (χ4n) is 4.75. The average molecular weight is 550 g/mol. The first kappa shape index (κ1) is 27.2. The minimum atomic E-state index is -0.306. The van der Waals surface area contributed by atoms with Crippen LogP contribution in [0.1, 0.15) is 55.7 Å². The molecule has 2 N–H and O–H groups in total. The van der Waals surface area contributed by atoms with Gasteiger partial charge in [0.15, 0.2) is 0 Å². The number of hydrogen-bond acceptors (Lipinski definition) is 4. The molecule has 1 heterocycles. The van der Waals surface area contributed by atoms with Crippen molar-refractivity contribution in [1.82, 2.24) is 10.2 Å². The predicted octanol–water partition coefficient (Wildman–Crippen LogP) is 6.25. The van der Waals surface area contributed by atoms with Gasteiger partial charge >= 0.3 is 0 Å². The third kappa shape index (κ3) is 6.43. The number of amides is 3. The second-order valence-electron chi connectivity index (χ2n) is 9.71. The third-order valence-electron chi connectivity index (χ3n) is 6.98. The Hall–Kier alpha value is -4.36. The average Bonchev–Trinajstić information content (AvgIpc) is 3.37. The van der Waals surface area contributed by atoms with Crippen molar-refractivity contribution in [1.29, 1.82) is 0 Å². The number of benzene rings is 4. The highest BCUT2D eigenvalue weighted by Crippen LogP contribution is 2.38. The number of thioether (sulfide) groups is 1. The molecule has 0 aliphatic carbocycles. The Labute approximate surface area is 238 Å². The Balaban J connectivity index is 1.24. The molecule has 1 fully saturated rings. The molecule has 0 unspecified atom stereocenters. The highest BCUT2D eigenvalue weighted by atomic mass is 32.2. The van der Waals surface area contributed by atoms with Gasteiger partial charge in [0.05, 0.1) is 23.0 Å². The normalized spacial score (nSPS) is 15.5. The van der Waals surface area contributed by atoms with E-state index < -0.39 is 0 Å². The maximum absolute atomic E-state index is 13.1. The number of anilines is 1. The molecule has 2 atom stereocenters. The zero-order valence-corrected chi connectivity index (χ0v) is 23.1. The van der Waals surface area contributed by atoms with E-state index in [4.69, 9.17) is 0 Å². The molecule has 0 aromatic heterocycles. The van der Waals surface area contributed by atoms with Crippen LogP contribution in [0.5, 0.6) is 0 Å². The number of carbonyl (C=O) groups excluding carboxylic acids is 3. The Kier molecular flexibility index (Phi) is 8.62. The molecule has 1 aliphatic heterocycles. The maximum Gasteiger partial charge on any atom is 0.255 e. The van der Waals surface area contributed by atoms with Crippen LogP contribution in [-0.4, -0.2) is 34.9 Å². The van der Waals surface area contributed by atoms with E-state index in [1.807, 2.05) is 72.5 Å². The molecule has 0 radical (unpaired) electrons. The number of para-hydroxylation sites is 1. The summed E-state index contributed by atoms with van der Waals surface area (Å²) in [7, 11) is 0. The second kappa shape index (κ2) is 12.7. The van der Waals surface area contributed by atoms with Crippen molar-refractivity contribution < 1.29 is 14.4 Å². The summed E-state index contributed by atoms with van der Waals surface area (Å²) < 4.78 is 0. The van der Waals surface area contributed by atoms with Gasteiger partial charge < -0.3 is 15.5 Å². The van der Waals surface area contributed by atoms with E-state index in [1.54, 1.807) is 48.2 Å². The molecular formula is C33H31N3O3S. The molecule has 0 bridgehead atoms. The van der Waals surface area contributed by atoms with Gasteiger partial charge in [0, 0.05) is 12.1 Å². The fraction of sp³-hybridized carbons (Fsp3) is 0.182. The summed E-state index contributed by atoms with van der Waals surface area (Å²) in [5, 5.41) is 5.82. The van der Waals surface area contributed by atoms with E-state index in [9.17, 15) is 14.4 Å². The summed E-state index contributed by atoms with van der Waals surface area (Å²) in [6.45, 7) is 2.57. The number of nitrogens with one attached hydrogen (secondary N) is 2. The zero-order valence-electron chi connectivity index (χ0n) is 22.2. The van der Waals surface area contributed by atoms with Crippen LogP contribution in [0.3, 0.4) is 0 Å². The standard InChI is InChI=1S/C33H31N3O3S/c1-23(25-12-6-3-7-13-25)34-32(39)28-14-8-9-15-29(28)35-31(38)26-16-18-27(19-17-26)33-36(30(37)22-40-33)21-20-24-10-4-2-5-11-24/h2-19,23,33H,20-22H2,1H3,(H,34,39)(H,35,38)/t23-,33-/m0/s1. The molecule has 3 amide bonds. The van der Waals surface area contributed by atoms with Crippen LogP contribution < -0.4 is 10.6 Å². The van der Waals surface area contributed by atoms with Crippen LogP contribution in [0, 0.1) is 0 Å². The molecule has 4 aromatic rings. The third-order valence-corrected chi connectivity index (χ3v) is 8.23. The molecule has 0 spiro atoms. The lowest BCUT2D eigenvalue weighted by Crippen LogP contribution is -2.30. The summed E-state index contributed by atoms with van der Waals surface area (Å²) in [6.07, 6.45) is 0.793. The van der Waals surface area contributed by atoms with Gasteiger partial charge in [-0.2, -0.15) is 0 Å². The Morgan fingerprint density at radius 2 is 1.50 bits per heavy atom. The predicted molar refractivity (Wildman–Crippen MR) is 160 cm³/mol. The largest absolute Gasteiger partial charge is 0.345 e. The molecule has 1 aliphatic rings. The lowest BCUT2D eigenvalue weighted by Gasteiger charge is -2.24. The van der Waals surface area contributed by atoms with Gasteiger partial charge in [-0.3, -0.25) is 14.4 Å². The number of nitrogens with zero attached hydrogens (tertiary/aromatic N) is 1. The molecule has 1 saturated heterocycles. The minimum Gasteiger partial charge on any atom is -0.345 e. The summed E-state index contributed by atoms with van der Waals surface area (Å²) in [5.74, 6) is 0.00741. The molecule has 0 saturated carbocycles. The summed E-state index contributed by atoms with van der Waals surface area (Å²) in [6, 6.07) is 34.0. The van der Waals surface area contributed by atoms with Crippen LogP contribution >= 0.6 is 11.8 Å². The first-order valence-electron chi connectivity index (χ1n) is 13.3. The van der Waals surface area contributed by atoms with Gasteiger partial charge in [-0.1, -0.05) is 84.9 Å². The van der Waals surface area contributed by atoms with Crippen LogP contribution in [0.15, 0.2) is 109 Å². The monoisotopic (exact) mass is 549 g/mol. The van der Waals surface area contributed by atoms with Crippen molar-refractivity contribution in [3.63, 3.8) is 0 Å². The van der Waals surface area contributed by atoms with Crippen molar-refractivity contribution in [3.8, 4) is 0 Å². The van der Waals surface area contributed by atoms with E-state index >= 15 is 0 Å². The molecule has 7 heteroatoms. The minimum absolute atomic E-state index is 0.0793. The first-order chi connectivity index (χ1) is 19.5. The molecule has 202 valence electrons. The number of carbonyl (C=O) groups is 3. The van der Waals surface area contributed by atoms with Crippen molar-refractivity contribution in [2.45, 2.75) is 24.8 Å². The number of rotatable bonds is 9. The molecule has 5 rings (SSSR count). The van der Waals surface area contributed by atoms with E-state index in [-0.39, 0.29) is 29.1 Å². The summed E-state index contributed by atoms with van der Waals surface area (Å²) in [5.41, 5.74) is 4.49. The van der Waals surface area contributed by atoms with Gasteiger partial charge in [-0.15, -0.1) is 11.8 Å². The van der Waals surface area contributed by atoms with E-state index in [0.29, 0.717) is 29.1 Å². The van der Waals surface area contributed by atoms with Crippen molar-refractivity contribution in [3.05, 3.63) is 137 Å². The maximum atomic E-state index is 13.1. The van der Waals surface area contributed by atoms with Gasteiger partial charge in [-0.05, 0) is 54.3 Å². The van der Waals surface area contributed by atoms with Crippen molar-refractivity contribution in [2.24, 2.45) is 0 Å². The zero-order chi connectivity index (χ0) is 27.9. The molecule has 6 nitrogen and oxygen atoms in total. The number of hydrogen-bond donors (Lipinski definition) is 2. The highest BCUT2D eigenvalue weighted by molar-refractivity contribution is 8.00. The quantitative estimate of drug-likeness (QED) is 0.259. The Morgan fingerprint density at radius 1 is 0.850 bits per heavy atom. The van der Waals surface area contributed by atoms with Gasteiger partial charge in [-0.25, -0.2) is 0 Å². The molecular weight excluding hydrogens is 518 g/mol. The van der Waals surface area contributed by atoms with Gasteiger partial charge in [0.2, 0.25) is 5.91 Å². The van der Waals surface area contributed by atoms with Crippen LogP contribution in [0.25, 0.3) is 0 Å². The molecule has 40 heavy (non-hydrogen) atoms.